The van der Waals surface area contributed by atoms with Gasteiger partial charge in [0.25, 0.3) is 0 Å². The lowest BCUT2D eigenvalue weighted by Crippen LogP contribution is -2.39. The number of tetrazole rings is 1. The quantitative estimate of drug-likeness (QED) is 0.846. The molecule has 1 saturated heterocycles. The highest BCUT2D eigenvalue weighted by Crippen LogP contribution is 2.11. The predicted molar refractivity (Wildman–Crippen MR) is 89.1 cm³/mol. The van der Waals surface area contributed by atoms with Crippen molar-refractivity contribution in [2.24, 2.45) is 5.92 Å². The number of carbonyl (C=O) groups is 1. The van der Waals surface area contributed by atoms with Gasteiger partial charge in [-0.3, -0.25) is 4.79 Å². The zero-order valence-electron chi connectivity index (χ0n) is 12.8. The molecule has 7 nitrogen and oxygen atoms in total. The van der Waals surface area contributed by atoms with Crippen LogP contribution in [0.2, 0.25) is 0 Å². The molecule has 2 heterocycles. The number of hydrogen-bond acceptors (Lipinski definition) is 5. The van der Waals surface area contributed by atoms with Gasteiger partial charge in [0.05, 0.1) is 0 Å². The van der Waals surface area contributed by atoms with Crippen LogP contribution in [0.3, 0.4) is 0 Å². The number of hydrogen-bond donors (Lipinski definition) is 2. The monoisotopic (exact) mass is 336 g/mol. The lowest BCUT2D eigenvalue weighted by atomic mass is 10.00. The second kappa shape index (κ2) is 8.59. The molecule has 3 rings (SSSR count). The van der Waals surface area contributed by atoms with Crippen LogP contribution in [-0.4, -0.2) is 45.7 Å². The maximum absolute atomic E-state index is 11.9. The fraction of sp³-hybridized carbons (Fsp3) is 0.467. The van der Waals surface area contributed by atoms with E-state index in [4.69, 9.17) is 0 Å². The third-order valence-corrected chi connectivity index (χ3v) is 3.76. The van der Waals surface area contributed by atoms with Crippen molar-refractivity contribution in [1.29, 1.82) is 0 Å². The van der Waals surface area contributed by atoms with Gasteiger partial charge in [0.1, 0.15) is 6.54 Å². The number of amides is 1. The van der Waals surface area contributed by atoms with Crippen LogP contribution in [0.15, 0.2) is 30.3 Å². The maximum Gasteiger partial charge on any atom is 0.243 e. The third kappa shape index (κ3) is 5.01. The van der Waals surface area contributed by atoms with E-state index in [2.05, 4.69) is 26.0 Å². The molecule has 0 radical (unpaired) electrons. The van der Waals surface area contributed by atoms with Crippen LogP contribution in [-0.2, 0) is 11.3 Å². The van der Waals surface area contributed by atoms with Gasteiger partial charge in [-0.15, -0.1) is 22.6 Å². The number of nitrogens with one attached hydrogen (secondary N) is 2. The summed E-state index contributed by atoms with van der Waals surface area (Å²) in [5.74, 6) is 0.966. The summed E-state index contributed by atoms with van der Waals surface area (Å²) in [7, 11) is 0. The zero-order chi connectivity index (χ0) is 15.2. The van der Waals surface area contributed by atoms with Crippen molar-refractivity contribution < 1.29 is 4.79 Å². The normalized spacial score (nSPS) is 17.3. The Hall–Kier alpha value is -1.99. The minimum absolute atomic E-state index is 0. The van der Waals surface area contributed by atoms with Crippen molar-refractivity contribution in [2.45, 2.75) is 19.4 Å². The minimum atomic E-state index is -0.0809. The molecule has 1 unspecified atom stereocenters. The number of benzene rings is 1. The summed E-state index contributed by atoms with van der Waals surface area (Å²) in [4.78, 5) is 13.3. The van der Waals surface area contributed by atoms with Crippen molar-refractivity contribution >= 4 is 18.3 Å². The molecule has 2 N–H and O–H groups in total. The van der Waals surface area contributed by atoms with Crippen molar-refractivity contribution in [3.8, 4) is 11.4 Å². The van der Waals surface area contributed by atoms with Crippen LogP contribution in [0, 0.1) is 5.92 Å². The Bertz CT molecular complexity index is 611. The molecule has 8 heteroatoms. The van der Waals surface area contributed by atoms with Gasteiger partial charge in [-0.2, -0.15) is 4.80 Å². The summed E-state index contributed by atoms with van der Waals surface area (Å²) in [6.07, 6.45) is 2.33. The van der Waals surface area contributed by atoms with Crippen LogP contribution in [0.5, 0.6) is 0 Å². The Morgan fingerprint density at radius 2 is 2.17 bits per heavy atom. The Morgan fingerprint density at radius 1 is 1.35 bits per heavy atom. The topological polar surface area (TPSA) is 84.7 Å². The summed E-state index contributed by atoms with van der Waals surface area (Å²) < 4.78 is 0. The summed E-state index contributed by atoms with van der Waals surface area (Å²) >= 11 is 0. The molecule has 0 spiro atoms. The van der Waals surface area contributed by atoms with Gasteiger partial charge >= 0.3 is 0 Å². The number of nitrogens with zero attached hydrogens (tertiary/aromatic N) is 4. The zero-order valence-corrected chi connectivity index (χ0v) is 13.6. The molecule has 23 heavy (non-hydrogen) atoms. The molecule has 1 atom stereocenters. The molecule has 1 aromatic carbocycles. The van der Waals surface area contributed by atoms with Gasteiger partial charge in [0, 0.05) is 12.1 Å². The number of carbonyl (C=O) groups excluding carboxylic acids is 1. The van der Waals surface area contributed by atoms with E-state index >= 15 is 0 Å². The summed E-state index contributed by atoms with van der Waals surface area (Å²) in [6.45, 7) is 2.85. The average Bonchev–Trinajstić information content (AvgIpc) is 3.03. The van der Waals surface area contributed by atoms with Gasteiger partial charge < -0.3 is 10.6 Å². The maximum atomic E-state index is 11.9. The number of piperidine rings is 1. The second-order valence-electron chi connectivity index (χ2n) is 5.53. The van der Waals surface area contributed by atoms with Gasteiger partial charge in [0.2, 0.25) is 11.7 Å². The molecule has 1 fully saturated rings. The first-order valence-corrected chi connectivity index (χ1v) is 7.62. The lowest BCUT2D eigenvalue weighted by Gasteiger charge is -2.22. The first-order valence-electron chi connectivity index (χ1n) is 7.62. The highest BCUT2D eigenvalue weighted by atomic mass is 35.5. The molecule has 1 amide bonds. The average molecular weight is 337 g/mol. The summed E-state index contributed by atoms with van der Waals surface area (Å²) in [5, 5.41) is 18.4. The van der Waals surface area contributed by atoms with Crippen LogP contribution in [0.1, 0.15) is 12.8 Å². The smallest absolute Gasteiger partial charge is 0.243 e. The first-order chi connectivity index (χ1) is 10.8. The summed E-state index contributed by atoms with van der Waals surface area (Å²) in [5.41, 5.74) is 0.891. The predicted octanol–water partition coefficient (Wildman–Crippen LogP) is 0.878. The van der Waals surface area contributed by atoms with Gasteiger partial charge in [-0.1, -0.05) is 30.3 Å². The largest absolute Gasteiger partial charge is 0.354 e. The second-order valence-corrected chi connectivity index (χ2v) is 5.53. The third-order valence-electron chi connectivity index (χ3n) is 3.76. The highest BCUT2D eigenvalue weighted by molar-refractivity contribution is 5.85. The van der Waals surface area contributed by atoms with E-state index in [1.165, 1.54) is 11.2 Å². The molecule has 1 aliphatic heterocycles. The van der Waals surface area contributed by atoms with Gasteiger partial charge in [-0.25, -0.2) is 0 Å². The number of rotatable bonds is 5. The Labute approximate surface area is 141 Å². The molecular weight excluding hydrogens is 316 g/mol. The van der Waals surface area contributed by atoms with Crippen LogP contribution in [0.25, 0.3) is 11.4 Å². The Kier molecular flexibility index (Phi) is 6.49. The van der Waals surface area contributed by atoms with Crippen molar-refractivity contribution in [1.82, 2.24) is 30.8 Å². The molecule has 2 aromatic rings. The van der Waals surface area contributed by atoms with E-state index < -0.39 is 0 Å². The number of halogens is 1. The molecule has 124 valence electrons. The number of aromatic nitrogens is 4. The van der Waals surface area contributed by atoms with Gasteiger partial charge in [0.15, 0.2) is 0 Å². The molecule has 1 aromatic heterocycles. The van der Waals surface area contributed by atoms with E-state index in [1.54, 1.807) is 0 Å². The fourth-order valence-corrected chi connectivity index (χ4v) is 2.55. The molecule has 0 bridgehead atoms. The first kappa shape index (κ1) is 17.4. The Balaban J connectivity index is 0.00000192. The van der Waals surface area contributed by atoms with E-state index in [0.717, 1.165) is 25.1 Å². The van der Waals surface area contributed by atoms with E-state index in [-0.39, 0.29) is 24.9 Å². The summed E-state index contributed by atoms with van der Waals surface area (Å²) in [6, 6.07) is 9.60. The molecule has 1 aliphatic rings. The minimum Gasteiger partial charge on any atom is -0.354 e. The van der Waals surface area contributed by atoms with Gasteiger partial charge in [-0.05, 0) is 37.1 Å². The lowest BCUT2D eigenvalue weighted by molar-refractivity contribution is -0.122. The molecule has 0 aliphatic carbocycles. The van der Waals surface area contributed by atoms with Crippen molar-refractivity contribution in [3.05, 3.63) is 30.3 Å². The van der Waals surface area contributed by atoms with Crippen LogP contribution >= 0.6 is 12.4 Å². The molecular formula is C15H21ClN6O. The van der Waals surface area contributed by atoms with E-state index in [9.17, 15) is 4.79 Å². The van der Waals surface area contributed by atoms with Crippen LogP contribution in [0.4, 0.5) is 0 Å². The fourth-order valence-electron chi connectivity index (χ4n) is 2.55. The molecule has 0 saturated carbocycles. The Morgan fingerprint density at radius 3 is 2.91 bits per heavy atom. The van der Waals surface area contributed by atoms with E-state index in [1.807, 2.05) is 30.3 Å². The van der Waals surface area contributed by atoms with Crippen molar-refractivity contribution in [3.63, 3.8) is 0 Å². The highest BCUT2D eigenvalue weighted by Gasteiger charge is 2.14. The SMILES string of the molecule is Cl.O=C(Cn1nnc(-c2ccccc2)n1)NCC1CCCNC1. The van der Waals surface area contributed by atoms with E-state index in [0.29, 0.717) is 18.3 Å². The standard InChI is InChI=1S/C15H20N6O.ClH/c22-14(17-10-12-5-4-8-16-9-12)11-21-19-15(18-20-21)13-6-2-1-3-7-13;/h1-3,6-7,12,16H,4-5,8-11H2,(H,17,22);1H. The van der Waals surface area contributed by atoms with Crippen molar-refractivity contribution in [2.75, 3.05) is 19.6 Å². The van der Waals surface area contributed by atoms with Crippen LogP contribution < -0.4 is 10.6 Å².